The first-order valence-corrected chi connectivity index (χ1v) is 15.4. The Labute approximate surface area is 225 Å². The highest BCUT2D eigenvalue weighted by Crippen LogP contribution is 2.38. The molecule has 0 saturated carbocycles. The second kappa shape index (κ2) is 17.2. The number of para-hydroxylation sites is 1. The van der Waals surface area contributed by atoms with E-state index in [9.17, 15) is 5.11 Å². The highest BCUT2D eigenvalue weighted by atomic mass is 16.3. The van der Waals surface area contributed by atoms with Crippen LogP contribution < -0.4 is 0 Å². The van der Waals surface area contributed by atoms with Crippen LogP contribution in [0.5, 0.6) is 5.75 Å². The van der Waals surface area contributed by atoms with E-state index in [1.54, 1.807) is 0 Å². The second-order valence-corrected chi connectivity index (χ2v) is 10.9. The van der Waals surface area contributed by atoms with Crippen LogP contribution in [-0.4, -0.2) is 20.5 Å². The van der Waals surface area contributed by atoms with Crippen LogP contribution in [0.15, 0.2) is 30.3 Å². The van der Waals surface area contributed by atoms with Gasteiger partial charge in [0, 0.05) is 11.1 Å². The van der Waals surface area contributed by atoms with Gasteiger partial charge in [-0.05, 0) is 48.9 Å². The Morgan fingerprint density at radius 3 is 1.81 bits per heavy atom. The molecule has 2 aromatic carbocycles. The average Bonchev–Trinajstić information content (AvgIpc) is 3.40. The maximum atomic E-state index is 11.0. The third-order valence-electron chi connectivity index (χ3n) is 7.82. The molecule has 0 unspecified atom stereocenters. The fourth-order valence-electron chi connectivity index (χ4n) is 5.61. The fraction of sp³-hybridized carbons (Fsp3) is 0.636. The van der Waals surface area contributed by atoms with E-state index < -0.39 is 0 Å². The van der Waals surface area contributed by atoms with E-state index in [0.29, 0.717) is 5.75 Å². The van der Waals surface area contributed by atoms with Crippen molar-refractivity contribution in [2.75, 3.05) is 0 Å². The number of nitrogens with one attached hydrogen (secondary N) is 1. The van der Waals surface area contributed by atoms with Gasteiger partial charge in [-0.3, -0.25) is 0 Å². The molecule has 1 aromatic heterocycles. The van der Waals surface area contributed by atoms with Gasteiger partial charge < -0.3 is 5.11 Å². The van der Waals surface area contributed by atoms with Crippen LogP contribution in [0.1, 0.15) is 134 Å². The minimum absolute atomic E-state index is 0.426. The van der Waals surface area contributed by atoms with E-state index in [1.165, 1.54) is 114 Å². The summed E-state index contributed by atoms with van der Waals surface area (Å²) in [5, 5.41) is 22.6. The quantitative estimate of drug-likeness (QED) is 0.150. The van der Waals surface area contributed by atoms with Crippen LogP contribution >= 0.6 is 0 Å². The number of aromatic hydroxyl groups is 1. The number of nitrogens with zero attached hydrogens (tertiary/aromatic N) is 2. The summed E-state index contributed by atoms with van der Waals surface area (Å²) in [6.45, 7) is 4.55. The predicted octanol–water partition coefficient (Wildman–Crippen LogP) is 10.1. The SMILES string of the molecule is CCCCCCCCCCCCc1c(O)ccc(CCCCCCCCC)c1-c1cccc2n[nH]nc12. The van der Waals surface area contributed by atoms with Crippen molar-refractivity contribution in [3.63, 3.8) is 0 Å². The van der Waals surface area contributed by atoms with Crippen molar-refractivity contribution >= 4 is 11.0 Å². The number of phenolic OH excluding ortho intramolecular Hbond substituents is 1. The minimum atomic E-state index is 0.426. The Balaban J connectivity index is 1.65. The van der Waals surface area contributed by atoms with E-state index in [-0.39, 0.29) is 0 Å². The summed E-state index contributed by atoms with van der Waals surface area (Å²) in [7, 11) is 0. The van der Waals surface area contributed by atoms with E-state index >= 15 is 0 Å². The van der Waals surface area contributed by atoms with Crippen LogP contribution in [0, 0.1) is 0 Å². The van der Waals surface area contributed by atoms with Gasteiger partial charge in [-0.25, -0.2) is 0 Å². The lowest BCUT2D eigenvalue weighted by Gasteiger charge is -2.17. The standard InChI is InChI=1S/C33H51N3O/c1-3-5-7-9-11-12-13-15-17-19-22-28-31(37)26-25-27(21-18-16-14-10-8-6-4-2)32(28)29-23-20-24-30-33(29)35-36-34-30/h20,23-26,37H,3-19,21-22H2,1-2H3,(H,34,35,36). The van der Waals surface area contributed by atoms with Crippen LogP contribution in [0.4, 0.5) is 0 Å². The van der Waals surface area contributed by atoms with E-state index in [0.717, 1.165) is 41.4 Å². The maximum absolute atomic E-state index is 11.0. The average molecular weight is 506 g/mol. The zero-order chi connectivity index (χ0) is 26.1. The summed E-state index contributed by atoms with van der Waals surface area (Å²) >= 11 is 0. The van der Waals surface area contributed by atoms with Crippen molar-refractivity contribution in [3.05, 3.63) is 41.5 Å². The van der Waals surface area contributed by atoms with Crippen LogP contribution in [0.25, 0.3) is 22.2 Å². The second-order valence-electron chi connectivity index (χ2n) is 10.9. The summed E-state index contributed by atoms with van der Waals surface area (Å²) in [6, 6.07) is 10.3. The monoisotopic (exact) mass is 505 g/mol. The summed E-state index contributed by atoms with van der Waals surface area (Å²) in [4.78, 5) is 0. The highest BCUT2D eigenvalue weighted by Gasteiger charge is 2.18. The number of phenols is 1. The van der Waals surface area contributed by atoms with Gasteiger partial charge in [0.25, 0.3) is 0 Å². The minimum Gasteiger partial charge on any atom is -0.508 e. The third kappa shape index (κ3) is 9.47. The summed E-state index contributed by atoms with van der Waals surface area (Å²) in [5.41, 5.74) is 6.51. The zero-order valence-corrected chi connectivity index (χ0v) is 23.7. The van der Waals surface area contributed by atoms with Crippen molar-refractivity contribution in [1.82, 2.24) is 15.4 Å². The van der Waals surface area contributed by atoms with Gasteiger partial charge in [-0.15, -0.1) is 0 Å². The lowest BCUT2D eigenvalue weighted by molar-refractivity contribution is 0.466. The van der Waals surface area contributed by atoms with Gasteiger partial charge in [0.1, 0.15) is 16.8 Å². The molecule has 37 heavy (non-hydrogen) atoms. The molecule has 0 spiro atoms. The number of aromatic amines is 1. The van der Waals surface area contributed by atoms with Gasteiger partial charge in [0.15, 0.2) is 0 Å². The molecule has 0 atom stereocenters. The molecule has 0 fully saturated rings. The van der Waals surface area contributed by atoms with Gasteiger partial charge in [0.05, 0.1) is 0 Å². The molecule has 3 rings (SSSR count). The lowest BCUT2D eigenvalue weighted by Crippen LogP contribution is -1.99. The number of H-pyrrole nitrogens is 1. The zero-order valence-electron chi connectivity index (χ0n) is 23.7. The molecule has 0 aliphatic rings. The molecule has 4 nitrogen and oxygen atoms in total. The predicted molar refractivity (Wildman–Crippen MR) is 158 cm³/mol. The Bertz CT molecular complexity index is 1030. The van der Waals surface area contributed by atoms with Gasteiger partial charge in [0.2, 0.25) is 0 Å². The third-order valence-corrected chi connectivity index (χ3v) is 7.82. The molecule has 3 aromatic rings. The number of hydrogen-bond donors (Lipinski definition) is 2. The van der Waals surface area contributed by atoms with Crippen LogP contribution in [0.3, 0.4) is 0 Å². The molecule has 0 saturated heterocycles. The Morgan fingerprint density at radius 2 is 1.19 bits per heavy atom. The molecular weight excluding hydrogens is 454 g/mol. The molecule has 0 aliphatic heterocycles. The number of hydrogen-bond acceptors (Lipinski definition) is 3. The van der Waals surface area contributed by atoms with Crippen molar-refractivity contribution in [2.24, 2.45) is 0 Å². The molecule has 0 aliphatic carbocycles. The summed E-state index contributed by atoms with van der Waals surface area (Å²) in [5.74, 6) is 0.426. The van der Waals surface area contributed by atoms with Crippen LogP contribution in [0.2, 0.25) is 0 Å². The van der Waals surface area contributed by atoms with Crippen molar-refractivity contribution < 1.29 is 5.11 Å². The summed E-state index contributed by atoms with van der Waals surface area (Å²) in [6.07, 6.45) is 24.3. The Hall–Kier alpha value is -2.36. The number of aromatic nitrogens is 3. The van der Waals surface area contributed by atoms with Crippen molar-refractivity contribution in [2.45, 2.75) is 136 Å². The molecule has 1 heterocycles. The number of unbranched alkanes of at least 4 members (excludes halogenated alkanes) is 15. The Morgan fingerprint density at radius 1 is 0.622 bits per heavy atom. The Kier molecular flexibility index (Phi) is 13.6. The van der Waals surface area contributed by atoms with E-state index in [1.807, 2.05) is 12.1 Å². The number of fused-ring (bicyclic) bond motifs is 1. The number of aryl methyl sites for hydroxylation is 1. The van der Waals surface area contributed by atoms with E-state index in [4.69, 9.17) is 0 Å². The number of rotatable bonds is 20. The molecule has 0 radical (unpaired) electrons. The van der Waals surface area contributed by atoms with Gasteiger partial charge >= 0.3 is 0 Å². The summed E-state index contributed by atoms with van der Waals surface area (Å²) < 4.78 is 0. The molecule has 204 valence electrons. The molecule has 2 N–H and O–H groups in total. The normalized spacial score (nSPS) is 11.5. The topological polar surface area (TPSA) is 61.8 Å². The van der Waals surface area contributed by atoms with Gasteiger partial charge in [-0.2, -0.15) is 15.4 Å². The van der Waals surface area contributed by atoms with Crippen LogP contribution in [-0.2, 0) is 12.8 Å². The first-order chi connectivity index (χ1) is 18.3. The molecular formula is C33H51N3O. The number of benzene rings is 2. The lowest BCUT2D eigenvalue weighted by atomic mass is 9.88. The molecule has 0 bridgehead atoms. The smallest absolute Gasteiger partial charge is 0.120 e. The van der Waals surface area contributed by atoms with Crippen molar-refractivity contribution in [3.8, 4) is 16.9 Å². The maximum Gasteiger partial charge on any atom is 0.120 e. The highest BCUT2D eigenvalue weighted by molar-refractivity contribution is 5.93. The van der Waals surface area contributed by atoms with Crippen molar-refractivity contribution in [1.29, 1.82) is 0 Å². The first kappa shape index (κ1) is 29.2. The van der Waals surface area contributed by atoms with E-state index in [2.05, 4.69) is 47.5 Å². The largest absolute Gasteiger partial charge is 0.508 e. The van der Waals surface area contributed by atoms with Gasteiger partial charge in [-0.1, -0.05) is 128 Å². The first-order valence-electron chi connectivity index (χ1n) is 15.4. The molecule has 0 amide bonds. The molecule has 4 heteroatoms. The fourth-order valence-corrected chi connectivity index (χ4v) is 5.61.